The Bertz CT molecular complexity index is 1560. The second kappa shape index (κ2) is 11.7. The Kier molecular flexibility index (Phi) is 7.86. The van der Waals surface area contributed by atoms with Crippen LogP contribution in [-0.2, 0) is 24.0 Å². The first-order chi connectivity index (χ1) is 20.3. The molecule has 4 aromatic rings. The van der Waals surface area contributed by atoms with Gasteiger partial charge in [0.1, 0.15) is 24.8 Å². The zero-order valence-corrected chi connectivity index (χ0v) is 22.6. The number of pyridine rings is 2. The van der Waals surface area contributed by atoms with Gasteiger partial charge in [-0.05, 0) is 44.5 Å². The van der Waals surface area contributed by atoms with Crippen molar-refractivity contribution in [2.75, 3.05) is 33.0 Å². The Morgan fingerprint density at radius 3 is 2.64 bits per heavy atom. The minimum Gasteiger partial charge on any atom is -0.471 e. The first kappa shape index (κ1) is 28.2. The summed E-state index contributed by atoms with van der Waals surface area (Å²) in [6.07, 6.45) is -0.262. The lowest BCUT2D eigenvalue weighted by Gasteiger charge is -2.32. The lowest BCUT2D eigenvalue weighted by molar-refractivity contribution is -0.144. The lowest BCUT2D eigenvalue weighted by Crippen LogP contribution is -2.35. The Morgan fingerprint density at radius 1 is 1.14 bits per heavy atom. The molecule has 0 aromatic carbocycles. The quantitative estimate of drug-likeness (QED) is 0.209. The molecule has 222 valence electrons. The van der Waals surface area contributed by atoms with E-state index in [1.165, 1.54) is 0 Å². The fourth-order valence-electron chi connectivity index (χ4n) is 5.18. The maximum Gasteiger partial charge on any atom is 0.451 e. The monoisotopic (exact) mass is 587 g/mol. The van der Waals surface area contributed by atoms with Crippen molar-refractivity contribution in [2.24, 2.45) is 0 Å². The van der Waals surface area contributed by atoms with Crippen molar-refractivity contribution in [3.8, 4) is 17.4 Å². The SMILES string of the molecule is N=C(CF)COc1cccc(C2CCN(Cc3nc4cc(-c5n[nH]c(C(F)(F)F)n5)ncc4n3C[C@@H]3CCO3)CC2)n1. The number of hydrogen-bond donors (Lipinski definition) is 2. The highest BCUT2D eigenvalue weighted by Crippen LogP contribution is 2.31. The van der Waals surface area contributed by atoms with Crippen molar-refractivity contribution >= 4 is 16.7 Å². The van der Waals surface area contributed by atoms with Gasteiger partial charge in [0.2, 0.25) is 11.7 Å². The van der Waals surface area contributed by atoms with E-state index in [9.17, 15) is 17.6 Å². The van der Waals surface area contributed by atoms with Crippen molar-refractivity contribution < 1.29 is 27.0 Å². The van der Waals surface area contributed by atoms with Crippen LogP contribution in [0.25, 0.3) is 22.6 Å². The van der Waals surface area contributed by atoms with Crippen LogP contribution in [-0.4, -0.2) is 84.4 Å². The summed E-state index contributed by atoms with van der Waals surface area (Å²) in [5, 5.41) is 13.1. The fraction of sp³-hybridized carbons (Fsp3) is 0.481. The van der Waals surface area contributed by atoms with E-state index >= 15 is 0 Å². The van der Waals surface area contributed by atoms with Crippen LogP contribution >= 0.6 is 0 Å². The van der Waals surface area contributed by atoms with Gasteiger partial charge in [-0.25, -0.2) is 19.3 Å². The number of imidazole rings is 1. The van der Waals surface area contributed by atoms with Gasteiger partial charge in [0.25, 0.3) is 0 Å². The van der Waals surface area contributed by atoms with Gasteiger partial charge in [0.05, 0.1) is 42.1 Å². The number of ether oxygens (including phenoxy) is 2. The van der Waals surface area contributed by atoms with E-state index in [-0.39, 0.29) is 35.9 Å². The normalized spacial score (nSPS) is 18.3. The summed E-state index contributed by atoms with van der Waals surface area (Å²) in [7, 11) is 0. The smallest absolute Gasteiger partial charge is 0.451 e. The topological polar surface area (TPSA) is 131 Å². The first-order valence-corrected chi connectivity index (χ1v) is 13.7. The van der Waals surface area contributed by atoms with E-state index < -0.39 is 18.7 Å². The molecule has 2 fully saturated rings. The van der Waals surface area contributed by atoms with Crippen LogP contribution in [0.5, 0.6) is 5.88 Å². The van der Waals surface area contributed by atoms with Crippen LogP contribution in [0.3, 0.4) is 0 Å². The predicted octanol–water partition coefficient (Wildman–Crippen LogP) is 4.17. The van der Waals surface area contributed by atoms with Gasteiger partial charge in [0, 0.05) is 24.3 Å². The minimum atomic E-state index is -4.63. The third-order valence-electron chi connectivity index (χ3n) is 7.55. The summed E-state index contributed by atoms with van der Waals surface area (Å²) in [4.78, 5) is 19.7. The largest absolute Gasteiger partial charge is 0.471 e. The highest BCUT2D eigenvalue weighted by Gasteiger charge is 2.35. The van der Waals surface area contributed by atoms with Gasteiger partial charge in [-0.3, -0.25) is 15.0 Å². The number of aromatic nitrogens is 7. The van der Waals surface area contributed by atoms with E-state index in [0.717, 1.165) is 49.4 Å². The van der Waals surface area contributed by atoms with Gasteiger partial charge in [-0.1, -0.05) is 6.07 Å². The number of nitrogens with zero attached hydrogens (tertiary/aromatic N) is 7. The summed E-state index contributed by atoms with van der Waals surface area (Å²) >= 11 is 0. The molecule has 0 unspecified atom stereocenters. The molecule has 0 saturated carbocycles. The van der Waals surface area contributed by atoms with Crippen molar-refractivity contribution in [3.05, 3.63) is 47.8 Å². The number of hydrogen-bond acceptors (Lipinski definition) is 9. The second-order valence-corrected chi connectivity index (χ2v) is 10.5. The van der Waals surface area contributed by atoms with E-state index in [4.69, 9.17) is 19.9 Å². The van der Waals surface area contributed by atoms with E-state index in [0.29, 0.717) is 31.1 Å². The average molecular weight is 588 g/mol. The van der Waals surface area contributed by atoms with Gasteiger partial charge in [-0.15, -0.1) is 0 Å². The third-order valence-corrected chi connectivity index (χ3v) is 7.55. The summed E-state index contributed by atoms with van der Waals surface area (Å²) in [5.41, 5.74) is 2.35. The summed E-state index contributed by atoms with van der Waals surface area (Å²) < 4.78 is 64.8. The van der Waals surface area contributed by atoms with Gasteiger partial charge >= 0.3 is 6.18 Å². The minimum absolute atomic E-state index is 0.0723. The molecular weight excluding hydrogens is 558 g/mol. The van der Waals surface area contributed by atoms with Crippen LogP contribution < -0.4 is 4.74 Å². The summed E-state index contributed by atoms with van der Waals surface area (Å²) in [6, 6.07) is 7.14. The van der Waals surface area contributed by atoms with Crippen LogP contribution in [0.15, 0.2) is 30.5 Å². The van der Waals surface area contributed by atoms with Crippen molar-refractivity contribution in [1.82, 2.24) is 39.6 Å². The Morgan fingerprint density at radius 2 is 1.95 bits per heavy atom. The number of alkyl halides is 4. The number of fused-ring (bicyclic) bond motifs is 1. The Balaban J connectivity index is 1.16. The van der Waals surface area contributed by atoms with Gasteiger partial charge < -0.3 is 19.5 Å². The summed E-state index contributed by atoms with van der Waals surface area (Å²) in [6.45, 7) is 2.57. The second-order valence-electron chi connectivity index (χ2n) is 10.5. The number of likely N-dealkylation sites (tertiary alicyclic amines) is 1. The highest BCUT2D eigenvalue weighted by molar-refractivity contribution is 5.83. The average Bonchev–Trinajstić information content (AvgIpc) is 3.59. The lowest BCUT2D eigenvalue weighted by atomic mass is 9.93. The standard InChI is InChI=1S/C27H29F4N9O2/c28-11-17(32)15-42-24-3-1-2-19(35-24)16-4-7-39(8-5-16)14-23-34-20-10-21(25-36-26(38-37-25)27(29,30)31)33-12-22(20)40(23)13-18-6-9-41-18/h1-3,10,12,16,18,32H,4-9,11,13-15H2,(H,36,37,38)/t18-/m0/s1. The number of halogens is 4. The number of aromatic amines is 1. The maximum absolute atomic E-state index is 13.0. The molecule has 1 atom stereocenters. The molecule has 11 nitrogen and oxygen atoms in total. The molecule has 2 saturated heterocycles. The highest BCUT2D eigenvalue weighted by atomic mass is 19.4. The molecule has 2 aliphatic heterocycles. The van der Waals surface area contributed by atoms with Crippen molar-refractivity contribution in [3.63, 3.8) is 0 Å². The first-order valence-electron chi connectivity index (χ1n) is 13.7. The number of H-pyrrole nitrogens is 1. The van der Waals surface area contributed by atoms with Gasteiger partial charge in [0.15, 0.2) is 5.82 Å². The van der Waals surface area contributed by atoms with E-state index in [1.54, 1.807) is 18.3 Å². The van der Waals surface area contributed by atoms with Gasteiger partial charge in [-0.2, -0.15) is 18.3 Å². The molecule has 6 rings (SSSR count). The molecule has 42 heavy (non-hydrogen) atoms. The molecule has 6 heterocycles. The molecule has 0 amide bonds. The molecule has 2 N–H and O–H groups in total. The zero-order valence-electron chi connectivity index (χ0n) is 22.6. The fourth-order valence-corrected chi connectivity index (χ4v) is 5.18. The van der Waals surface area contributed by atoms with Crippen LogP contribution in [0.4, 0.5) is 17.6 Å². The van der Waals surface area contributed by atoms with Crippen LogP contribution in [0, 0.1) is 5.41 Å². The Hall–Kier alpha value is -3.98. The maximum atomic E-state index is 13.0. The molecule has 2 aliphatic rings. The molecule has 0 radical (unpaired) electrons. The molecule has 0 aliphatic carbocycles. The predicted molar refractivity (Wildman–Crippen MR) is 143 cm³/mol. The Labute approximate surface area is 237 Å². The van der Waals surface area contributed by atoms with Crippen molar-refractivity contribution in [2.45, 2.75) is 50.6 Å². The summed E-state index contributed by atoms with van der Waals surface area (Å²) in [5.74, 6) is 0.124. The van der Waals surface area contributed by atoms with Crippen LogP contribution in [0.1, 0.15) is 42.5 Å². The number of nitrogens with one attached hydrogen (secondary N) is 2. The van der Waals surface area contributed by atoms with Crippen LogP contribution in [0.2, 0.25) is 0 Å². The molecule has 0 bridgehead atoms. The molecule has 15 heteroatoms. The van der Waals surface area contributed by atoms with E-state index in [1.807, 2.05) is 17.2 Å². The van der Waals surface area contributed by atoms with Crippen molar-refractivity contribution in [1.29, 1.82) is 5.41 Å². The number of rotatable bonds is 10. The molecule has 0 spiro atoms. The zero-order chi connectivity index (χ0) is 29.3. The third kappa shape index (κ3) is 6.11. The number of piperidine rings is 1. The molecular formula is C27H29F4N9O2. The molecule has 4 aromatic heterocycles. The van der Waals surface area contributed by atoms with E-state index in [2.05, 4.69) is 29.5 Å².